The van der Waals surface area contributed by atoms with Gasteiger partial charge in [-0.15, -0.1) is 0 Å². The van der Waals surface area contributed by atoms with E-state index in [-0.39, 0.29) is 0 Å². The summed E-state index contributed by atoms with van der Waals surface area (Å²) < 4.78 is 8.96. The minimum Gasteiger partial charge on any atom is -0.381 e. The third-order valence-corrected chi connectivity index (χ3v) is 8.17. The van der Waals surface area contributed by atoms with Crippen LogP contribution in [-0.4, -0.2) is 47.6 Å². The first kappa shape index (κ1) is 27.0. The van der Waals surface area contributed by atoms with E-state index in [1.807, 2.05) is 36.2 Å². The molecule has 0 amide bonds. The molecule has 3 N–H and O–H groups in total. The molecule has 0 atom stereocenters. The third-order valence-electron chi connectivity index (χ3n) is 7.07. The van der Waals surface area contributed by atoms with E-state index in [0.717, 1.165) is 61.0 Å². The summed E-state index contributed by atoms with van der Waals surface area (Å²) in [5.74, 6) is 2.31. The highest BCUT2D eigenvalue weighted by Gasteiger charge is 2.32. The third kappa shape index (κ3) is 7.48. The lowest BCUT2D eigenvalue weighted by Gasteiger charge is -2.30. The SMILES string of the molecule is CC(C)SNCC1CCC(Nc2cc(-c3cccc(NCC4(C#N)CCOCC4)n3)c(Cl)cn2)CC1. The Morgan fingerprint density at radius 1 is 1.19 bits per heavy atom. The molecule has 2 fully saturated rings. The molecule has 2 aromatic rings. The zero-order valence-electron chi connectivity index (χ0n) is 21.2. The van der Waals surface area contributed by atoms with Crippen LogP contribution in [0.4, 0.5) is 11.6 Å². The molecule has 0 bridgehead atoms. The van der Waals surface area contributed by atoms with E-state index >= 15 is 0 Å². The zero-order chi connectivity index (χ0) is 25.4. The van der Waals surface area contributed by atoms with Gasteiger partial charge in [0.15, 0.2) is 0 Å². The molecule has 9 heteroatoms. The summed E-state index contributed by atoms with van der Waals surface area (Å²) in [5, 5.41) is 17.9. The molecule has 194 valence electrons. The van der Waals surface area contributed by atoms with Gasteiger partial charge in [-0.2, -0.15) is 5.26 Å². The Morgan fingerprint density at radius 3 is 2.69 bits per heavy atom. The van der Waals surface area contributed by atoms with Crippen molar-refractivity contribution in [2.75, 3.05) is 36.9 Å². The Kier molecular flexibility index (Phi) is 9.72. The van der Waals surface area contributed by atoms with Gasteiger partial charge < -0.3 is 15.4 Å². The second-order valence-electron chi connectivity index (χ2n) is 10.2. The molecule has 36 heavy (non-hydrogen) atoms. The number of rotatable bonds is 10. The summed E-state index contributed by atoms with van der Waals surface area (Å²) in [7, 11) is 0. The molecule has 0 aromatic carbocycles. The first-order chi connectivity index (χ1) is 17.5. The summed E-state index contributed by atoms with van der Waals surface area (Å²) in [5.41, 5.74) is 1.22. The normalized spacial score (nSPS) is 21.6. The maximum atomic E-state index is 9.72. The largest absolute Gasteiger partial charge is 0.381 e. The van der Waals surface area contributed by atoms with Crippen molar-refractivity contribution in [2.45, 2.75) is 63.7 Å². The summed E-state index contributed by atoms with van der Waals surface area (Å²) in [6, 6.07) is 10.8. The van der Waals surface area contributed by atoms with E-state index in [1.165, 1.54) is 12.8 Å². The molecule has 0 spiro atoms. The highest BCUT2D eigenvalue weighted by molar-refractivity contribution is 7.97. The van der Waals surface area contributed by atoms with Gasteiger partial charge in [0, 0.05) is 49.4 Å². The maximum absolute atomic E-state index is 9.72. The number of nitriles is 1. The first-order valence-corrected chi connectivity index (χ1v) is 14.2. The van der Waals surface area contributed by atoms with Gasteiger partial charge in [-0.25, -0.2) is 9.97 Å². The first-order valence-electron chi connectivity index (χ1n) is 13.0. The maximum Gasteiger partial charge on any atom is 0.126 e. The van der Waals surface area contributed by atoms with Crippen LogP contribution in [0.5, 0.6) is 0 Å². The summed E-state index contributed by atoms with van der Waals surface area (Å²) in [6.07, 6.45) is 7.88. The average molecular weight is 529 g/mol. The fourth-order valence-electron chi connectivity index (χ4n) is 4.80. The molecule has 2 aliphatic rings. The minimum absolute atomic E-state index is 0.413. The summed E-state index contributed by atoms with van der Waals surface area (Å²) in [4.78, 5) is 9.33. The standard InChI is InChI=1S/C27H37ClN6OS/c1-19(2)36-32-15-20-6-8-21(9-7-20)33-26-14-22(23(28)16-30-26)24-4-3-5-25(34-24)31-18-27(17-29)10-12-35-13-11-27/h3-5,14,16,19-21,32H,6-13,15,18H2,1-2H3,(H,30,33)(H,31,34). The number of nitrogens with one attached hydrogen (secondary N) is 3. The van der Waals surface area contributed by atoms with Gasteiger partial charge in [0.25, 0.3) is 0 Å². The van der Waals surface area contributed by atoms with Crippen LogP contribution in [0, 0.1) is 22.7 Å². The Morgan fingerprint density at radius 2 is 1.97 bits per heavy atom. The molecule has 1 aliphatic carbocycles. The van der Waals surface area contributed by atoms with Crippen LogP contribution in [-0.2, 0) is 4.74 Å². The van der Waals surface area contributed by atoms with Gasteiger partial charge in [0.2, 0.25) is 0 Å². The van der Waals surface area contributed by atoms with E-state index < -0.39 is 5.41 Å². The van der Waals surface area contributed by atoms with Crippen molar-refractivity contribution >= 4 is 35.2 Å². The Bertz CT molecular complexity index is 1030. The molecule has 3 heterocycles. The molecule has 1 saturated heterocycles. The quantitative estimate of drug-likeness (QED) is 0.316. The van der Waals surface area contributed by atoms with Crippen molar-refractivity contribution in [1.29, 1.82) is 5.26 Å². The van der Waals surface area contributed by atoms with Crippen molar-refractivity contribution in [3.63, 3.8) is 0 Å². The number of anilines is 2. The van der Waals surface area contributed by atoms with Gasteiger partial charge in [-0.05, 0) is 62.6 Å². The highest BCUT2D eigenvalue weighted by Crippen LogP contribution is 2.32. The number of ether oxygens (including phenoxy) is 1. The predicted octanol–water partition coefficient (Wildman–Crippen LogP) is 6.15. The van der Waals surface area contributed by atoms with Gasteiger partial charge >= 0.3 is 0 Å². The molecule has 4 rings (SSSR count). The fraction of sp³-hybridized carbons (Fsp3) is 0.593. The van der Waals surface area contributed by atoms with E-state index in [4.69, 9.17) is 21.3 Å². The molecule has 0 radical (unpaired) electrons. The molecule has 7 nitrogen and oxygen atoms in total. The lowest BCUT2D eigenvalue weighted by Crippen LogP contribution is -2.34. The Balaban J connectivity index is 1.36. The number of nitrogens with zero attached hydrogens (tertiary/aromatic N) is 3. The smallest absolute Gasteiger partial charge is 0.126 e. The Hall–Kier alpha value is -2.05. The highest BCUT2D eigenvalue weighted by atomic mass is 35.5. The molecule has 1 aliphatic heterocycles. The lowest BCUT2D eigenvalue weighted by molar-refractivity contribution is 0.0455. The van der Waals surface area contributed by atoms with Crippen molar-refractivity contribution in [2.24, 2.45) is 11.3 Å². The number of halogens is 1. The fourth-order valence-corrected chi connectivity index (χ4v) is 5.67. The number of aromatic nitrogens is 2. The molecule has 2 aromatic heterocycles. The van der Waals surface area contributed by atoms with Gasteiger partial charge in [0.05, 0.1) is 22.2 Å². The molecule has 1 saturated carbocycles. The Labute approximate surface area is 224 Å². The van der Waals surface area contributed by atoms with Crippen LogP contribution >= 0.6 is 23.5 Å². The summed E-state index contributed by atoms with van der Waals surface area (Å²) in [6.45, 7) is 7.31. The predicted molar refractivity (Wildman–Crippen MR) is 149 cm³/mol. The molecule has 0 unspecified atom stereocenters. The van der Waals surface area contributed by atoms with Crippen LogP contribution in [0.15, 0.2) is 30.5 Å². The minimum atomic E-state index is -0.413. The number of hydrogen-bond acceptors (Lipinski definition) is 8. The van der Waals surface area contributed by atoms with E-state index in [9.17, 15) is 5.26 Å². The molecular weight excluding hydrogens is 492 g/mol. The van der Waals surface area contributed by atoms with Crippen molar-refractivity contribution in [3.8, 4) is 17.3 Å². The van der Waals surface area contributed by atoms with Gasteiger partial charge in [-0.3, -0.25) is 4.72 Å². The van der Waals surface area contributed by atoms with E-state index in [2.05, 4.69) is 40.3 Å². The number of hydrogen-bond donors (Lipinski definition) is 3. The second kappa shape index (κ2) is 13.0. The topological polar surface area (TPSA) is 94.9 Å². The van der Waals surface area contributed by atoms with Crippen LogP contribution in [0.25, 0.3) is 11.3 Å². The van der Waals surface area contributed by atoms with Crippen LogP contribution in [0.2, 0.25) is 5.02 Å². The van der Waals surface area contributed by atoms with Gasteiger partial charge in [-0.1, -0.05) is 43.5 Å². The number of pyridine rings is 2. The average Bonchev–Trinajstić information content (AvgIpc) is 2.90. The second-order valence-corrected chi connectivity index (χ2v) is 12.1. The van der Waals surface area contributed by atoms with E-state index in [1.54, 1.807) is 6.20 Å². The monoisotopic (exact) mass is 528 g/mol. The van der Waals surface area contributed by atoms with Gasteiger partial charge in [0.1, 0.15) is 11.6 Å². The molecular formula is C27H37ClN6OS. The lowest BCUT2D eigenvalue weighted by atomic mass is 9.82. The van der Waals surface area contributed by atoms with Crippen molar-refractivity contribution < 1.29 is 4.74 Å². The van der Waals surface area contributed by atoms with Crippen molar-refractivity contribution in [3.05, 3.63) is 35.5 Å². The van der Waals surface area contributed by atoms with E-state index in [0.29, 0.717) is 36.1 Å². The zero-order valence-corrected chi connectivity index (χ0v) is 22.8. The van der Waals surface area contributed by atoms with Crippen LogP contribution in [0.1, 0.15) is 52.4 Å². The van der Waals surface area contributed by atoms with Crippen LogP contribution < -0.4 is 15.4 Å². The summed E-state index contributed by atoms with van der Waals surface area (Å²) >= 11 is 8.37. The van der Waals surface area contributed by atoms with Crippen LogP contribution in [0.3, 0.4) is 0 Å². The van der Waals surface area contributed by atoms with Crippen molar-refractivity contribution in [1.82, 2.24) is 14.7 Å².